The molecule has 2 N–H and O–H groups in total. The predicted octanol–water partition coefficient (Wildman–Crippen LogP) is 3.66. The molecule has 1 aliphatic rings. The van der Waals surface area contributed by atoms with Gasteiger partial charge in [0.25, 0.3) is 0 Å². The Labute approximate surface area is 131 Å². The standard InChI is InChI=1S/C18H21ClN2/c19-18-9-5-4-8-15(18)11-21-12-16(10-17(20)13-21)14-6-2-1-3-7-14/h1-9,16-17H,10-13,20H2. The van der Waals surface area contributed by atoms with Gasteiger partial charge in [0.2, 0.25) is 0 Å². The van der Waals surface area contributed by atoms with Gasteiger partial charge in [0.15, 0.2) is 0 Å². The van der Waals surface area contributed by atoms with E-state index in [0.29, 0.717) is 5.92 Å². The molecule has 3 rings (SSSR count). The van der Waals surface area contributed by atoms with Gasteiger partial charge in [0.1, 0.15) is 0 Å². The van der Waals surface area contributed by atoms with Crippen LogP contribution in [-0.4, -0.2) is 24.0 Å². The lowest BCUT2D eigenvalue weighted by Crippen LogP contribution is -2.45. The molecule has 2 unspecified atom stereocenters. The number of hydrogen-bond acceptors (Lipinski definition) is 2. The molecule has 1 aliphatic heterocycles. The fraction of sp³-hybridized carbons (Fsp3) is 0.333. The highest BCUT2D eigenvalue weighted by molar-refractivity contribution is 6.31. The Morgan fingerprint density at radius 2 is 1.71 bits per heavy atom. The maximum absolute atomic E-state index is 6.28. The number of benzene rings is 2. The predicted molar refractivity (Wildman–Crippen MR) is 88.5 cm³/mol. The van der Waals surface area contributed by atoms with Gasteiger partial charge in [-0.05, 0) is 29.5 Å². The van der Waals surface area contributed by atoms with E-state index in [2.05, 4.69) is 41.3 Å². The summed E-state index contributed by atoms with van der Waals surface area (Å²) < 4.78 is 0. The molecule has 0 spiro atoms. The Balaban J connectivity index is 1.73. The monoisotopic (exact) mass is 300 g/mol. The van der Waals surface area contributed by atoms with Crippen LogP contribution in [0.3, 0.4) is 0 Å². The summed E-state index contributed by atoms with van der Waals surface area (Å²) in [7, 11) is 0. The SMILES string of the molecule is NC1CC(c2ccccc2)CN(Cc2ccccc2Cl)C1. The third kappa shape index (κ3) is 3.65. The average Bonchev–Trinajstić information content (AvgIpc) is 2.50. The van der Waals surface area contributed by atoms with Crippen LogP contribution in [0.1, 0.15) is 23.5 Å². The van der Waals surface area contributed by atoms with E-state index in [0.717, 1.165) is 31.1 Å². The molecular formula is C18H21ClN2. The second kappa shape index (κ2) is 6.61. The summed E-state index contributed by atoms with van der Waals surface area (Å²) in [6.45, 7) is 2.86. The largest absolute Gasteiger partial charge is 0.327 e. The zero-order valence-corrected chi connectivity index (χ0v) is 12.8. The lowest BCUT2D eigenvalue weighted by atomic mass is 9.88. The van der Waals surface area contributed by atoms with Crippen molar-refractivity contribution in [2.75, 3.05) is 13.1 Å². The van der Waals surface area contributed by atoms with E-state index in [1.165, 1.54) is 11.1 Å². The maximum Gasteiger partial charge on any atom is 0.0451 e. The summed E-state index contributed by atoms with van der Waals surface area (Å²) in [5.41, 5.74) is 8.84. The lowest BCUT2D eigenvalue weighted by molar-refractivity contribution is 0.181. The molecule has 1 saturated heterocycles. The van der Waals surface area contributed by atoms with Crippen molar-refractivity contribution in [3.63, 3.8) is 0 Å². The zero-order chi connectivity index (χ0) is 14.7. The molecular weight excluding hydrogens is 280 g/mol. The number of rotatable bonds is 3. The van der Waals surface area contributed by atoms with Gasteiger partial charge in [-0.15, -0.1) is 0 Å². The molecule has 2 aromatic rings. The van der Waals surface area contributed by atoms with Gasteiger partial charge >= 0.3 is 0 Å². The highest BCUT2D eigenvalue weighted by Gasteiger charge is 2.26. The summed E-state index contributed by atoms with van der Waals surface area (Å²) in [4.78, 5) is 2.42. The van der Waals surface area contributed by atoms with E-state index in [9.17, 15) is 0 Å². The first kappa shape index (κ1) is 14.6. The van der Waals surface area contributed by atoms with Crippen molar-refractivity contribution < 1.29 is 0 Å². The summed E-state index contributed by atoms with van der Waals surface area (Å²) >= 11 is 6.28. The molecule has 3 heteroatoms. The molecule has 110 valence electrons. The highest BCUT2D eigenvalue weighted by atomic mass is 35.5. The molecule has 21 heavy (non-hydrogen) atoms. The molecule has 0 saturated carbocycles. The van der Waals surface area contributed by atoms with Crippen molar-refractivity contribution in [3.8, 4) is 0 Å². The maximum atomic E-state index is 6.28. The van der Waals surface area contributed by atoms with Crippen LogP contribution in [0, 0.1) is 0 Å². The summed E-state index contributed by atoms with van der Waals surface area (Å²) in [5, 5.41) is 0.841. The number of piperidine rings is 1. The Morgan fingerprint density at radius 3 is 2.48 bits per heavy atom. The topological polar surface area (TPSA) is 29.3 Å². The van der Waals surface area contributed by atoms with Crippen molar-refractivity contribution in [3.05, 3.63) is 70.7 Å². The van der Waals surface area contributed by atoms with Gasteiger partial charge in [-0.3, -0.25) is 4.90 Å². The molecule has 1 fully saturated rings. The lowest BCUT2D eigenvalue weighted by Gasteiger charge is -2.36. The minimum atomic E-state index is 0.228. The first-order valence-electron chi connectivity index (χ1n) is 7.48. The Morgan fingerprint density at radius 1 is 1.00 bits per heavy atom. The van der Waals surface area contributed by atoms with Crippen LogP contribution in [0.15, 0.2) is 54.6 Å². The number of nitrogens with two attached hydrogens (primary N) is 1. The first-order valence-corrected chi connectivity index (χ1v) is 7.86. The van der Waals surface area contributed by atoms with Gasteiger partial charge in [0.05, 0.1) is 0 Å². The Hall–Kier alpha value is -1.35. The second-order valence-corrected chi connectivity index (χ2v) is 6.30. The van der Waals surface area contributed by atoms with Crippen molar-refractivity contribution in [2.45, 2.75) is 24.9 Å². The van der Waals surface area contributed by atoms with Crippen molar-refractivity contribution in [1.29, 1.82) is 0 Å². The zero-order valence-electron chi connectivity index (χ0n) is 12.1. The summed E-state index contributed by atoms with van der Waals surface area (Å²) in [5.74, 6) is 0.512. The second-order valence-electron chi connectivity index (χ2n) is 5.89. The highest BCUT2D eigenvalue weighted by Crippen LogP contribution is 2.28. The van der Waals surface area contributed by atoms with Crippen LogP contribution in [0.5, 0.6) is 0 Å². The Bertz CT molecular complexity index is 585. The van der Waals surface area contributed by atoms with Crippen LogP contribution in [-0.2, 0) is 6.54 Å². The van der Waals surface area contributed by atoms with Crippen molar-refractivity contribution in [2.24, 2.45) is 5.73 Å². The third-order valence-corrected chi connectivity index (χ3v) is 4.55. The molecule has 0 bridgehead atoms. The van der Waals surface area contributed by atoms with E-state index < -0.39 is 0 Å². The normalized spacial score (nSPS) is 23.1. The van der Waals surface area contributed by atoms with Crippen LogP contribution >= 0.6 is 11.6 Å². The number of likely N-dealkylation sites (tertiary alicyclic amines) is 1. The first-order chi connectivity index (χ1) is 10.2. The molecule has 0 radical (unpaired) electrons. The number of hydrogen-bond donors (Lipinski definition) is 1. The van der Waals surface area contributed by atoms with Crippen LogP contribution < -0.4 is 5.73 Å². The van der Waals surface area contributed by atoms with E-state index in [-0.39, 0.29) is 6.04 Å². The van der Waals surface area contributed by atoms with Crippen LogP contribution in [0.2, 0.25) is 5.02 Å². The minimum Gasteiger partial charge on any atom is -0.327 e. The third-order valence-electron chi connectivity index (χ3n) is 4.18. The van der Waals surface area contributed by atoms with Crippen molar-refractivity contribution in [1.82, 2.24) is 4.90 Å². The molecule has 2 atom stereocenters. The van der Waals surface area contributed by atoms with E-state index >= 15 is 0 Å². The molecule has 2 aromatic carbocycles. The van der Waals surface area contributed by atoms with Gasteiger partial charge in [-0.2, -0.15) is 0 Å². The molecule has 0 amide bonds. The number of nitrogens with zero attached hydrogens (tertiary/aromatic N) is 1. The quantitative estimate of drug-likeness (QED) is 0.937. The fourth-order valence-corrected chi connectivity index (χ4v) is 3.39. The van der Waals surface area contributed by atoms with E-state index in [1.54, 1.807) is 0 Å². The molecule has 1 heterocycles. The van der Waals surface area contributed by atoms with Crippen molar-refractivity contribution >= 4 is 11.6 Å². The van der Waals surface area contributed by atoms with Crippen LogP contribution in [0.25, 0.3) is 0 Å². The van der Waals surface area contributed by atoms with Gasteiger partial charge in [0, 0.05) is 30.7 Å². The minimum absolute atomic E-state index is 0.228. The van der Waals surface area contributed by atoms with E-state index in [1.807, 2.05) is 18.2 Å². The number of halogens is 1. The van der Waals surface area contributed by atoms with Crippen LogP contribution in [0.4, 0.5) is 0 Å². The molecule has 2 nitrogen and oxygen atoms in total. The fourth-order valence-electron chi connectivity index (χ4n) is 3.20. The smallest absolute Gasteiger partial charge is 0.0451 e. The van der Waals surface area contributed by atoms with Gasteiger partial charge < -0.3 is 5.73 Å². The van der Waals surface area contributed by atoms with E-state index in [4.69, 9.17) is 17.3 Å². The average molecular weight is 301 g/mol. The van der Waals surface area contributed by atoms with Gasteiger partial charge in [-0.25, -0.2) is 0 Å². The summed E-state index contributed by atoms with van der Waals surface area (Å²) in [6, 6.07) is 19.0. The Kier molecular flexibility index (Phi) is 4.59. The molecule has 0 aromatic heterocycles. The summed E-state index contributed by atoms with van der Waals surface area (Å²) in [6.07, 6.45) is 1.06. The van der Waals surface area contributed by atoms with Gasteiger partial charge in [-0.1, -0.05) is 60.1 Å². The molecule has 0 aliphatic carbocycles.